The van der Waals surface area contributed by atoms with Gasteiger partial charge in [0, 0.05) is 26.4 Å². The minimum Gasteiger partial charge on any atom is -0.494 e. The first-order valence-electron chi connectivity index (χ1n) is 9.12. The fraction of sp³-hybridized carbons (Fsp3) is 0.429. The van der Waals surface area contributed by atoms with Crippen molar-refractivity contribution >= 4 is 5.91 Å². The number of nitrogens with zero attached hydrogens (tertiary/aromatic N) is 2. The van der Waals surface area contributed by atoms with Crippen LogP contribution in [0, 0.1) is 11.8 Å². The molecule has 1 aromatic heterocycles. The number of nitrogens with one attached hydrogen (secondary N) is 1. The van der Waals surface area contributed by atoms with Crippen LogP contribution in [0.1, 0.15) is 54.9 Å². The molecule has 0 saturated carbocycles. The van der Waals surface area contributed by atoms with Crippen LogP contribution in [0.5, 0.6) is 5.75 Å². The maximum Gasteiger partial charge on any atom is 0.269 e. The summed E-state index contributed by atoms with van der Waals surface area (Å²) in [7, 11) is 1.79. The quantitative estimate of drug-likeness (QED) is 0.584. The van der Waals surface area contributed by atoms with E-state index in [4.69, 9.17) is 4.74 Å². The van der Waals surface area contributed by atoms with Gasteiger partial charge in [0.1, 0.15) is 11.4 Å². The third-order valence-electron chi connectivity index (χ3n) is 3.89. The Bertz CT molecular complexity index is 784. The number of rotatable bonds is 8. The molecule has 0 radical (unpaired) electrons. The first-order valence-corrected chi connectivity index (χ1v) is 9.12. The Labute approximate surface area is 155 Å². The predicted molar refractivity (Wildman–Crippen MR) is 103 cm³/mol. The molecular formula is C21H27N3O2. The molecule has 0 fully saturated rings. The third kappa shape index (κ3) is 5.96. The molecule has 0 spiro atoms. The molecule has 0 aliphatic carbocycles. The topological polar surface area (TPSA) is 56.1 Å². The van der Waals surface area contributed by atoms with E-state index in [2.05, 4.69) is 22.3 Å². The lowest BCUT2D eigenvalue weighted by atomic mass is 10.2. The second-order valence-corrected chi connectivity index (χ2v) is 5.99. The van der Waals surface area contributed by atoms with E-state index in [9.17, 15) is 4.79 Å². The van der Waals surface area contributed by atoms with Gasteiger partial charge in [0.05, 0.1) is 12.3 Å². The van der Waals surface area contributed by atoms with Crippen molar-refractivity contribution in [2.75, 3.05) is 6.61 Å². The Morgan fingerprint density at radius 3 is 2.85 bits per heavy atom. The van der Waals surface area contributed by atoms with Gasteiger partial charge in [-0.1, -0.05) is 26.0 Å². The lowest BCUT2D eigenvalue weighted by molar-refractivity contribution is 0.0941. The van der Waals surface area contributed by atoms with E-state index in [1.165, 1.54) is 0 Å². The maximum absolute atomic E-state index is 12.3. The minimum absolute atomic E-state index is 0.125. The molecule has 2 aromatic rings. The van der Waals surface area contributed by atoms with E-state index in [0.717, 1.165) is 42.7 Å². The van der Waals surface area contributed by atoms with Crippen molar-refractivity contribution in [2.24, 2.45) is 7.05 Å². The number of hydrogen-bond donors (Lipinski definition) is 1. The summed E-state index contributed by atoms with van der Waals surface area (Å²) >= 11 is 0. The molecule has 0 saturated heterocycles. The van der Waals surface area contributed by atoms with E-state index >= 15 is 0 Å². The van der Waals surface area contributed by atoms with Gasteiger partial charge in [0.25, 0.3) is 5.91 Å². The number of amides is 1. The number of unbranched alkanes of at least 4 members (excludes halogenated alkanes) is 1. The van der Waals surface area contributed by atoms with Gasteiger partial charge in [-0.15, -0.1) is 11.8 Å². The second kappa shape index (κ2) is 10.3. The summed E-state index contributed by atoms with van der Waals surface area (Å²) in [6.45, 7) is 5.16. The molecule has 26 heavy (non-hydrogen) atoms. The van der Waals surface area contributed by atoms with Crippen molar-refractivity contribution in [2.45, 2.75) is 46.1 Å². The zero-order valence-electron chi connectivity index (χ0n) is 15.8. The molecule has 0 unspecified atom stereocenters. The predicted octanol–water partition coefficient (Wildman–Crippen LogP) is 3.48. The van der Waals surface area contributed by atoms with Crippen LogP contribution in [-0.4, -0.2) is 22.3 Å². The van der Waals surface area contributed by atoms with E-state index in [1.807, 2.05) is 44.2 Å². The van der Waals surface area contributed by atoms with Crippen LogP contribution in [0.2, 0.25) is 0 Å². The molecule has 0 aliphatic rings. The number of benzene rings is 1. The Kier molecular flexibility index (Phi) is 7.75. The van der Waals surface area contributed by atoms with Gasteiger partial charge >= 0.3 is 0 Å². The highest BCUT2D eigenvalue weighted by Gasteiger charge is 2.12. The highest BCUT2D eigenvalue weighted by Crippen LogP contribution is 2.14. The zero-order valence-corrected chi connectivity index (χ0v) is 15.8. The van der Waals surface area contributed by atoms with E-state index < -0.39 is 0 Å². The summed E-state index contributed by atoms with van der Waals surface area (Å²) in [6.07, 6.45) is 3.47. The summed E-state index contributed by atoms with van der Waals surface area (Å²) in [4.78, 5) is 12.3. The molecule has 1 aromatic carbocycles. The average Bonchev–Trinajstić information content (AvgIpc) is 3.04. The summed E-state index contributed by atoms with van der Waals surface area (Å²) < 4.78 is 7.38. The van der Waals surface area contributed by atoms with E-state index in [-0.39, 0.29) is 5.91 Å². The van der Waals surface area contributed by atoms with Crippen LogP contribution in [0.4, 0.5) is 0 Å². The molecule has 0 atom stereocenters. The Morgan fingerprint density at radius 1 is 1.27 bits per heavy atom. The number of hydrogen-bond acceptors (Lipinski definition) is 3. The summed E-state index contributed by atoms with van der Waals surface area (Å²) in [5.74, 6) is 6.85. The average molecular weight is 353 g/mol. The van der Waals surface area contributed by atoms with Gasteiger partial charge in [-0.2, -0.15) is 5.10 Å². The summed E-state index contributed by atoms with van der Waals surface area (Å²) in [6, 6.07) is 9.63. The Hall–Kier alpha value is -2.74. The molecule has 138 valence electrons. The Balaban J connectivity index is 1.84. The van der Waals surface area contributed by atoms with Gasteiger partial charge in [-0.05, 0) is 36.6 Å². The van der Waals surface area contributed by atoms with Gasteiger partial charge < -0.3 is 10.1 Å². The summed E-state index contributed by atoms with van der Waals surface area (Å²) in [5.41, 5.74) is 2.48. The van der Waals surface area contributed by atoms with Gasteiger partial charge in [-0.25, -0.2) is 0 Å². The smallest absolute Gasteiger partial charge is 0.269 e. The molecule has 1 heterocycles. The number of carbonyl (C=O) groups is 1. The number of ether oxygens (including phenoxy) is 1. The van der Waals surface area contributed by atoms with Crippen LogP contribution in [-0.2, 0) is 20.0 Å². The number of aryl methyl sites for hydroxylation is 2. The molecule has 0 aliphatic heterocycles. The van der Waals surface area contributed by atoms with Gasteiger partial charge in [-0.3, -0.25) is 9.48 Å². The van der Waals surface area contributed by atoms with Crippen LogP contribution in [0.15, 0.2) is 30.3 Å². The molecule has 5 heteroatoms. The highest BCUT2D eigenvalue weighted by atomic mass is 16.5. The Morgan fingerprint density at radius 2 is 2.12 bits per heavy atom. The minimum atomic E-state index is -0.125. The highest BCUT2D eigenvalue weighted by molar-refractivity contribution is 5.92. The van der Waals surface area contributed by atoms with Gasteiger partial charge in [0.2, 0.25) is 0 Å². The fourth-order valence-electron chi connectivity index (χ4n) is 2.49. The largest absolute Gasteiger partial charge is 0.494 e. The standard InChI is InChI=1S/C21H27N3O2/c1-4-6-7-8-9-13-26-19-12-10-11-17(14-19)16-22-21(25)20-15-18(5-2)23-24(20)3/h10-12,14-15H,4-5,8-9,13,16H2,1-3H3,(H,22,25). The molecule has 1 N–H and O–H groups in total. The van der Waals surface area contributed by atoms with E-state index in [0.29, 0.717) is 18.8 Å². The van der Waals surface area contributed by atoms with Gasteiger partial charge in [0.15, 0.2) is 0 Å². The second-order valence-electron chi connectivity index (χ2n) is 5.99. The summed E-state index contributed by atoms with van der Waals surface area (Å²) in [5, 5.41) is 7.24. The SMILES string of the molecule is CCC#CCCCOc1cccc(CNC(=O)c2cc(CC)nn2C)c1. The first kappa shape index (κ1) is 19.6. The van der Waals surface area contributed by atoms with E-state index in [1.54, 1.807) is 11.7 Å². The van der Waals surface area contributed by atoms with Crippen molar-refractivity contribution in [1.29, 1.82) is 0 Å². The lowest BCUT2D eigenvalue weighted by Gasteiger charge is -2.09. The van der Waals surface area contributed by atoms with Crippen LogP contribution in [0.3, 0.4) is 0 Å². The van der Waals surface area contributed by atoms with Crippen molar-refractivity contribution in [1.82, 2.24) is 15.1 Å². The van der Waals surface area contributed by atoms with Crippen molar-refractivity contribution < 1.29 is 9.53 Å². The zero-order chi connectivity index (χ0) is 18.8. The van der Waals surface area contributed by atoms with Crippen LogP contribution in [0.25, 0.3) is 0 Å². The normalized spacial score (nSPS) is 10.1. The first-order chi connectivity index (χ1) is 12.6. The third-order valence-corrected chi connectivity index (χ3v) is 3.89. The molecule has 0 bridgehead atoms. The van der Waals surface area contributed by atoms with Crippen LogP contribution >= 0.6 is 0 Å². The molecule has 1 amide bonds. The lowest BCUT2D eigenvalue weighted by Crippen LogP contribution is -2.25. The van der Waals surface area contributed by atoms with Crippen LogP contribution < -0.4 is 10.1 Å². The monoisotopic (exact) mass is 353 g/mol. The number of carbonyl (C=O) groups excluding carboxylic acids is 1. The maximum atomic E-state index is 12.3. The molecule has 5 nitrogen and oxygen atoms in total. The van der Waals surface area contributed by atoms with Crippen molar-refractivity contribution in [3.8, 4) is 17.6 Å². The fourth-order valence-corrected chi connectivity index (χ4v) is 2.49. The van der Waals surface area contributed by atoms with Crippen molar-refractivity contribution in [3.63, 3.8) is 0 Å². The molecular weight excluding hydrogens is 326 g/mol. The molecule has 2 rings (SSSR count). The number of aromatic nitrogens is 2. The van der Waals surface area contributed by atoms with Crippen molar-refractivity contribution in [3.05, 3.63) is 47.3 Å².